The van der Waals surface area contributed by atoms with Gasteiger partial charge in [0, 0.05) is 12.8 Å². The Balaban J connectivity index is 0. The van der Waals surface area contributed by atoms with Crippen molar-refractivity contribution in [2.75, 3.05) is 12.8 Å². The van der Waals surface area contributed by atoms with Crippen LogP contribution in [0.15, 0.2) is 0 Å². The molecular weight excluding hydrogens is 242 g/mol. The van der Waals surface area contributed by atoms with E-state index < -0.39 is 10.4 Å². The average Bonchev–Trinajstić information content (AvgIpc) is 2.01. The number of amidine groups is 1. The summed E-state index contributed by atoms with van der Waals surface area (Å²) in [6.07, 6.45) is 2.33. The average molecular weight is 259 g/mol. The second-order valence-corrected chi connectivity index (χ2v) is 4.55. The Morgan fingerprint density at radius 3 is 2.20 bits per heavy atom. The van der Waals surface area contributed by atoms with Crippen LogP contribution in [0.4, 0.5) is 0 Å². The highest BCUT2D eigenvalue weighted by Crippen LogP contribution is 2.05. The SMILES string of the molecule is CCCCSC(=N)N(C)N.O=S(=O)(O)O. The minimum Gasteiger partial charge on any atom is -0.293 e. The molecule has 0 spiro atoms. The molecule has 0 aromatic rings. The van der Waals surface area contributed by atoms with Crippen molar-refractivity contribution in [2.24, 2.45) is 5.84 Å². The van der Waals surface area contributed by atoms with E-state index in [1.165, 1.54) is 23.2 Å². The molecule has 5 N–H and O–H groups in total. The third-order valence-electron chi connectivity index (χ3n) is 1.06. The van der Waals surface area contributed by atoms with Gasteiger partial charge in [0.2, 0.25) is 0 Å². The first kappa shape index (κ1) is 17.1. The van der Waals surface area contributed by atoms with Gasteiger partial charge in [-0.15, -0.1) is 0 Å². The summed E-state index contributed by atoms with van der Waals surface area (Å²) < 4.78 is 31.6. The Hall–Kier alpha value is -0.350. The molecule has 0 bridgehead atoms. The van der Waals surface area contributed by atoms with Gasteiger partial charge in [0.1, 0.15) is 0 Å². The van der Waals surface area contributed by atoms with E-state index in [-0.39, 0.29) is 0 Å². The van der Waals surface area contributed by atoms with E-state index in [0.717, 1.165) is 12.2 Å². The first-order valence-corrected chi connectivity index (χ1v) is 6.46. The van der Waals surface area contributed by atoms with Gasteiger partial charge >= 0.3 is 10.4 Å². The van der Waals surface area contributed by atoms with Crippen LogP contribution in [-0.4, -0.2) is 40.5 Å². The third kappa shape index (κ3) is 24.8. The molecule has 0 unspecified atom stereocenters. The van der Waals surface area contributed by atoms with E-state index in [4.69, 9.17) is 28.8 Å². The number of nitrogens with zero attached hydrogens (tertiary/aromatic N) is 1. The zero-order chi connectivity index (χ0) is 12.5. The maximum atomic E-state index is 8.74. The van der Waals surface area contributed by atoms with Crippen LogP contribution in [-0.2, 0) is 10.4 Å². The van der Waals surface area contributed by atoms with Crippen LogP contribution in [0.3, 0.4) is 0 Å². The van der Waals surface area contributed by atoms with Crippen molar-refractivity contribution >= 4 is 27.3 Å². The molecule has 0 aromatic carbocycles. The van der Waals surface area contributed by atoms with Crippen LogP contribution >= 0.6 is 11.8 Å². The largest absolute Gasteiger partial charge is 0.394 e. The van der Waals surface area contributed by atoms with E-state index in [1.807, 2.05) is 0 Å². The molecule has 0 fully saturated rings. The first-order chi connectivity index (χ1) is 6.68. The molecule has 9 heteroatoms. The van der Waals surface area contributed by atoms with Gasteiger partial charge in [-0.3, -0.25) is 19.5 Å². The van der Waals surface area contributed by atoms with E-state index in [1.54, 1.807) is 7.05 Å². The minimum atomic E-state index is -4.67. The summed E-state index contributed by atoms with van der Waals surface area (Å²) >= 11 is 1.49. The predicted molar refractivity (Wildman–Crippen MR) is 61.2 cm³/mol. The summed E-state index contributed by atoms with van der Waals surface area (Å²) in [6, 6.07) is 0. The van der Waals surface area contributed by atoms with E-state index in [9.17, 15) is 0 Å². The monoisotopic (exact) mass is 259 g/mol. The predicted octanol–water partition coefficient (Wildman–Crippen LogP) is 0.607. The lowest BCUT2D eigenvalue weighted by Gasteiger charge is -2.11. The molecule has 0 saturated carbocycles. The Bertz CT molecular complexity index is 258. The van der Waals surface area contributed by atoms with Crippen molar-refractivity contribution in [3.63, 3.8) is 0 Å². The lowest BCUT2D eigenvalue weighted by atomic mass is 10.4. The Kier molecular flexibility index (Phi) is 10.1. The first-order valence-electron chi connectivity index (χ1n) is 4.08. The number of unbranched alkanes of at least 4 members (excludes halogenated alkanes) is 1. The molecule has 0 aliphatic rings. The summed E-state index contributed by atoms with van der Waals surface area (Å²) in [5.74, 6) is 6.30. The summed E-state index contributed by atoms with van der Waals surface area (Å²) in [5, 5.41) is 9.06. The fraction of sp³-hybridized carbons (Fsp3) is 0.833. The number of hydrogen-bond donors (Lipinski definition) is 4. The van der Waals surface area contributed by atoms with Crippen molar-refractivity contribution in [1.29, 1.82) is 5.41 Å². The molecular formula is C6H17N3O4S2. The van der Waals surface area contributed by atoms with Gasteiger partial charge in [-0.25, -0.2) is 5.84 Å². The van der Waals surface area contributed by atoms with Crippen LogP contribution in [0.5, 0.6) is 0 Å². The molecule has 0 rings (SSSR count). The van der Waals surface area contributed by atoms with Crippen LogP contribution in [0.1, 0.15) is 19.8 Å². The third-order valence-corrected chi connectivity index (χ3v) is 2.11. The summed E-state index contributed by atoms with van der Waals surface area (Å²) in [5.41, 5.74) is 0. The summed E-state index contributed by atoms with van der Waals surface area (Å²) in [6.45, 7) is 2.14. The van der Waals surface area contributed by atoms with Gasteiger partial charge in [0.05, 0.1) is 0 Å². The molecule has 0 amide bonds. The lowest BCUT2D eigenvalue weighted by molar-refractivity contribution is 0.381. The zero-order valence-electron chi connectivity index (χ0n) is 8.67. The Morgan fingerprint density at radius 1 is 1.53 bits per heavy atom. The summed E-state index contributed by atoms with van der Waals surface area (Å²) in [4.78, 5) is 0. The molecule has 7 nitrogen and oxygen atoms in total. The highest BCUT2D eigenvalue weighted by Gasteiger charge is 1.97. The fourth-order valence-corrected chi connectivity index (χ4v) is 1.24. The normalized spacial score (nSPS) is 10.2. The van der Waals surface area contributed by atoms with Gasteiger partial charge in [-0.2, -0.15) is 8.42 Å². The second kappa shape index (κ2) is 8.92. The maximum absolute atomic E-state index is 8.74. The molecule has 0 heterocycles. The number of hydrazine groups is 1. The maximum Gasteiger partial charge on any atom is 0.394 e. The van der Waals surface area contributed by atoms with Crippen molar-refractivity contribution in [3.8, 4) is 0 Å². The quantitative estimate of drug-likeness (QED) is 0.146. The summed E-state index contributed by atoms with van der Waals surface area (Å²) in [7, 11) is -2.98. The van der Waals surface area contributed by atoms with Crippen molar-refractivity contribution in [3.05, 3.63) is 0 Å². The van der Waals surface area contributed by atoms with E-state index in [2.05, 4.69) is 6.92 Å². The van der Waals surface area contributed by atoms with Crippen molar-refractivity contribution < 1.29 is 17.5 Å². The van der Waals surface area contributed by atoms with Crippen LogP contribution in [0.25, 0.3) is 0 Å². The molecule has 0 aliphatic carbocycles. The zero-order valence-corrected chi connectivity index (χ0v) is 10.3. The molecule has 0 aliphatic heterocycles. The number of nitrogens with one attached hydrogen (secondary N) is 1. The van der Waals surface area contributed by atoms with Gasteiger partial charge in [0.25, 0.3) is 0 Å². The lowest BCUT2D eigenvalue weighted by Crippen LogP contribution is -2.30. The van der Waals surface area contributed by atoms with E-state index in [0.29, 0.717) is 5.17 Å². The smallest absolute Gasteiger partial charge is 0.293 e. The minimum absolute atomic E-state index is 0.438. The van der Waals surface area contributed by atoms with Gasteiger partial charge in [-0.1, -0.05) is 25.1 Å². The highest BCUT2D eigenvalue weighted by molar-refractivity contribution is 8.13. The molecule has 0 saturated heterocycles. The number of hydrogen-bond acceptors (Lipinski definition) is 5. The molecule has 15 heavy (non-hydrogen) atoms. The Labute approximate surface area is 94.1 Å². The highest BCUT2D eigenvalue weighted by atomic mass is 32.3. The van der Waals surface area contributed by atoms with Gasteiger partial charge in [0.15, 0.2) is 5.17 Å². The fourth-order valence-electron chi connectivity index (χ4n) is 0.415. The molecule has 0 radical (unpaired) electrons. The van der Waals surface area contributed by atoms with Crippen LogP contribution in [0.2, 0.25) is 0 Å². The number of thioether (sulfide) groups is 1. The topological polar surface area (TPSA) is 128 Å². The molecule has 0 aromatic heterocycles. The number of nitrogens with two attached hydrogens (primary N) is 1. The van der Waals surface area contributed by atoms with Gasteiger partial charge in [-0.05, 0) is 6.42 Å². The van der Waals surface area contributed by atoms with E-state index >= 15 is 0 Å². The Morgan fingerprint density at radius 2 is 1.93 bits per heavy atom. The second-order valence-electron chi connectivity index (χ2n) is 2.57. The number of rotatable bonds is 3. The van der Waals surface area contributed by atoms with Crippen LogP contribution in [0, 0.1) is 5.41 Å². The van der Waals surface area contributed by atoms with Crippen LogP contribution < -0.4 is 5.84 Å². The standard InChI is InChI=1S/C6H15N3S.H2O4S/c1-3-4-5-10-6(7)9(2)8;1-5(2,3)4/h7H,3-5,8H2,1-2H3;(H2,1,2,3,4). The van der Waals surface area contributed by atoms with Crippen molar-refractivity contribution in [2.45, 2.75) is 19.8 Å². The van der Waals surface area contributed by atoms with Gasteiger partial charge < -0.3 is 0 Å². The molecule has 0 atom stereocenters. The molecule has 92 valence electrons. The van der Waals surface area contributed by atoms with Crippen molar-refractivity contribution in [1.82, 2.24) is 5.01 Å².